The van der Waals surface area contributed by atoms with E-state index in [1.165, 1.54) is 0 Å². The third kappa shape index (κ3) is 5.52. The zero-order valence-electron chi connectivity index (χ0n) is 19.4. The Bertz CT molecular complexity index is 1250. The Morgan fingerprint density at radius 2 is 1.60 bits per heavy atom. The maximum absolute atomic E-state index is 13.8. The van der Waals surface area contributed by atoms with Gasteiger partial charge in [-0.2, -0.15) is 0 Å². The van der Waals surface area contributed by atoms with Crippen molar-refractivity contribution in [3.63, 3.8) is 0 Å². The van der Waals surface area contributed by atoms with Crippen LogP contribution in [0.15, 0.2) is 97.1 Å². The van der Waals surface area contributed by atoms with Crippen molar-refractivity contribution in [2.45, 2.75) is 19.4 Å². The first-order valence-corrected chi connectivity index (χ1v) is 12.3. The number of piperidine rings is 1. The topological polar surface area (TPSA) is 49.3 Å². The molecular formula is C29H27ClN4O. The number of aromatic nitrogens is 2. The molecule has 0 N–H and O–H groups in total. The fourth-order valence-electron chi connectivity index (χ4n) is 4.55. The highest BCUT2D eigenvalue weighted by molar-refractivity contribution is 6.30. The summed E-state index contributed by atoms with van der Waals surface area (Å²) < 4.78 is 0. The maximum atomic E-state index is 13.8. The molecule has 1 aliphatic rings. The molecule has 2 heterocycles. The first-order valence-electron chi connectivity index (χ1n) is 11.9. The molecule has 5 rings (SSSR count). The van der Waals surface area contributed by atoms with E-state index in [1.54, 1.807) is 0 Å². The van der Waals surface area contributed by atoms with E-state index in [2.05, 4.69) is 27.2 Å². The lowest BCUT2D eigenvalue weighted by Gasteiger charge is -2.35. The molecule has 0 radical (unpaired) electrons. The molecule has 1 atom stereocenters. The van der Waals surface area contributed by atoms with Crippen molar-refractivity contribution in [2.24, 2.45) is 5.92 Å². The van der Waals surface area contributed by atoms with E-state index in [-0.39, 0.29) is 11.8 Å². The first-order chi connectivity index (χ1) is 17.2. The van der Waals surface area contributed by atoms with E-state index in [9.17, 15) is 4.79 Å². The van der Waals surface area contributed by atoms with Gasteiger partial charge in [0.25, 0.3) is 0 Å². The second-order valence-electron chi connectivity index (χ2n) is 8.81. The largest absolute Gasteiger partial charge is 0.354 e. The number of anilines is 2. The van der Waals surface area contributed by atoms with Crippen molar-refractivity contribution in [3.05, 3.63) is 108 Å². The van der Waals surface area contributed by atoms with Crippen molar-refractivity contribution in [2.75, 3.05) is 22.9 Å². The first kappa shape index (κ1) is 23.1. The average molecular weight is 483 g/mol. The Hall–Kier alpha value is -3.70. The van der Waals surface area contributed by atoms with E-state index in [0.29, 0.717) is 18.1 Å². The summed E-state index contributed by atoms with van der Waals surface area (Å²) in [6, 6.07) is 31.6. The second-order valence-corrected chi connectivity index (χ2v) is 9.25. The van der Waals surface area contributed by atoms with Gasteiger partial charge < -0.3 is 9.80 Å². The van der Waals surface area contributed by atoms with Gasteiger partial charge in [0.1, 0.15) is 0 Å². The van der Waals surface area contributed by atoms with Crippen LogP contribution in [0, 0.1) is 5.92 Å². The summed E-state index contributed by atoms with van der Waals surface area (Å²) in [7, 11) is 0. The second kappa shape index (κ2) is 10.7. The standard InChI is InChI=1S/C29H27ClN4O/c30-25-15-13-23(14-16-25)27-17-18-28(32-31-27)33-19-7-10-24(21-33)29(35)34(26-11-5-2-6-12-26)20-22-8-3-1-4-9-22/h1-6,8-9,11-18,24H,7,10,19-21H2. The van der Waals surface area contributed by atoms with Crippen molar-refractivity contribution in [1.29, 1.82) is 0 Å². The number of benzene rings is 3. The van der Waals surface area contributed by atoms with Gasteiger partial charge in [0.2, 0.25) is 5.91 Å². The minimum Gasteiger partial charge on any atom is -0.354 e. The van der Waals surface area contributed by atoms with Gasteiger partial charge in [0, 0.05) is 29.4 Å². The number of amides is 1. The number of hydrogen-bond donors (Lipinski definition) is 0. The molecular weight excluding hydrogens is 456 g/mol. The van der Waals surface area contributed by atoms with Crippen LogP contribution in [-0.4, -0.2) is 29.2 Å². The molecule has 35 heavy (non-hydrogen) atoms. The Morgan fingerprint density at radius 3 is 2.29 bits per heavy atom. The molecule has 0 aliphatic carbocycles. The molecule has 0 bridgehead atoms. The van der Waals surface area contributed by atoms with Crippen molar-refractivity contribution in [3.8, 4) is 11.3 Å². The molecule has 0 saturated carbocycles. The van der Waals surface area contributed by atoms with Crippen LogP contribution in [0.3, 0.4) is 0 Å². The molecule has 1 unspecified atom stereocenters. The fourth-order valence-corrected chi connectivity index (χ4v) is 4.67. The number of rotatable bonds is 6. The van der Waals surface area contributed by atoms with Crippen LogP contribution in [-0.2, 0) is 11.3 Å². The number of carbonyl (C=O) groups excluding carboxylic acids is 1. The summed E-state index contributed by atoms with van der Waals surface area (Å²) in [4.78, 5) is 17.9. The third-order valence-corrected chi connectivity index (χ3v) is 6.65. The van der Waals surface area contributed by atoms with Crippen molar-refractivity contribution < 1.29 is 4.79 Å². The molecule has 1 amide bonds. The number of hydrogen-bond acceptors (Lipinski definition) is 4. The quantitative estimate of drug-likeness (QED) is 0.326. The number of para-hydroxylation sites is 1. The lowest BCUT2D eigenvalue weighted by Crippen LogP contribution is -2.45. The van der Waals surface area contributed by atoms with Gasteiger partial charge in [-0.15, -0.1) is 10.2 Å². The van der Waals surface area contributed by atoms with Gasteiger partial charge in [0.15, 0.2) is 5.82 Å². The van der Waals surface area contributed by atoms with Crippen LogP contribution in [0.2, 0.25) is 5.02 Å². The highest BCUT2D eigenvalue weighted by Crippen LogP contribution is 2.27. The summed E-state index contributed by atoms with van der Waals surface area (Å²) in [5.41, 5.74) is 3.80. The van der Waals surface area contributed by atoms with Gasteiger partial charge in [0.05, 0.1) is 18.2 Å². The predicted molar refractivity (Wildman–Crippen MR) is 141 cm³/mol. The van der Waals surface area contributed by atoms with Gasteiger partial charge in [-0.3, -0.25) is 4.79 Å². The van der Waals surface area contributed by atoms with E-state index < -0.39 is 0 Å². The fraction of sp³-hybridized carbons (Fsp3) is 0.207. The van der Waals surface area contributed by atoms with Crippen LogP contribution in [0.25, 0.3) is 11.3 Å². The predicted octanol–water partition coefficient (Wildman–Crippen LogP) is 6.25. The van der Waals surface area contributed by atoms with Gasteiger partial charge in [-0.25, -0.2) is 0 Å². The van der Waals surface area contributed by atoms with E-state index in [1.807, 2.05) is 89.8 Å². The number of nitrogens with zero attached hydrogens (tertiary/aromatic N) is 4. The third-order valence-electron chi connectivity index (χ3n) is 6.40. The minimum atomic E-state index is -0.106. The van der Waals surface area contributed by atoms with Crippen LogP contribution in [0.1, 0.15) is 18.4 Å². The molecule has 1 aliphatic heterocycles. The molecule has 6 heteroatoms. The van der Waals surface area contributed by atoms with Crippen LogP contribution in [0.4, 0.5) is 11.5 Å². The van der Waals surface area contributed by atoms with Gasteiger partial charge >= 0.3 is 0 Å². The maximum Gasteiger partial charge on any atom is 0.232 e. The Kier molecular flexibility index (Phi) is 7.05. The summed E-state index contributed by atoms with van der Waals surface area (Å²) in [5, 5.41) is 9.61. The zero-order chi connectivity index (χ0) is 24.0. The Balaban J connectivity index is 1.33. The number of halogens is 1. The molecule has 3 aromatic carbocycles. The van der Waals surface area contributed by atoms with E-state index in [0.717, 1.165) is 47.7 Å². The normalized spacial score (nSPS) is 15.6. The molecule has 0 spiro atoms. The lowest BCUT2D eigenvalue weighted by atomic mass is 9.95. The summed E-state index contributed by atoms with van der Waals surface area (Å²) >= 11 is 6.00. The van der Waals surface area contributed by atoms with Gasteiger partial charge in [-0.1, -0.05) is 72.3 Å². The molecule has 1 fully saturated rings. The molecule has 4 aromatic rings. The van der Waals surface area contributed by atoms with E-state index in [4.69, 9.17) is 11.6 Å². The average Bonchev–Trinajstić information content (AvgIpc) is 2.93. The molecule has 5 nitrogen and oxygen atoms in total. The molecule has 1 aromatic heterocycles. The Morgan fingerprint density at radius 1 is 0.886 bits per heavy atom. The highest BCUT2D eigenvalue weighted by atomic mass is 35.5. The van der Waals surface area contributed by atoms with Crippen molar-refractivity contribution >= 4 is 29.0 Å². The minimum absolute atomic E-state index is 0.106. The SMILES string of the molecule is O=C(C1CCCN(c2ccc(-c3ccc(Cl)cc3)nn2)C1)N(Cc1ccccc1)c1ccccc1. The number of carbonyl (C=O) groups is 1. The molecule has 176 valence electrons. The molecule has 1 saturated heterocycles. The van der Waals surface area contributed by atoms with Crippen molar-refractivity contribution in [1.82, 2.24) is 10.2 Å². The lowest BCUT2D eigenvalue weighted by molar-refractivity contribution is -0.122. The Labute approximate surface area is 211 Å². The van der Waals surface area contributed by atoms with E-state index >= 15 is 0 Å². The summed E-state index contributed by atoms with van der Waals surface area (Å²) in [5.74, 6) is 0.843. The van der Waals surface area contributed by atoms with Gasteiger partial charge in [-0.05, 0) is 54.8 Å². The van der Waals surface area contributed by atoms with Crippen LogP contribution < -0.4 is 9.80 Å². The monoisotopic (exact) mass is 482 g/mol. The smallest absolute Gasteiger partial charge is 0.232 e. The zero-order valence-corrected chi connectivity index (χ0v) is 20.2. The van der Waals surface area contributed by atoms with Crippen LogP contribution in [0.5, 0.6) is 0 Å². The van der Waals surface area contributed by atoms with Crippen LogP contribution >= 0.6 is 11.6 Å². The highest BCUT2D eigenvalue weighted by Gasteiger charge is 2.31. The summed E-state index contributed by atoms with van der Waals surface area (Å²) in [6.07, 6.45) is 1.80. The summed E-state index contributed by atoms with van der Waals surface area (Å²) in [6.45, 7) is 2.05.